The highest BCUT2D eigenvalue weighted by Crippen LogP contribution is 2.34. The number of nitrogens with one attached hydrogen (secondary N) is 2. The van der Waals surface area contributed by atoms with Gasteiger partial charge in [0, 0.05) is 17.8 Å². The average molecular weight is 356 g/mol. The maximum absolute atomic E-state index is 12.5. The molecule has 1 heterocycles. The summed E-state index contributed by atoms with van der Waals surface area (Å²) in [7, 11) is 1.58. The number of phenols is 1. The Bertz CT molecular complexity index is 827. The lowest BCUT2D eigenvalue weighted by Gasteiger charge is -2.27. The number of benzene rings is 2. The molecule has 2 aromatic rings. The Hall–Kier alpha value is -2.89. The first kappa shape index (κ1) is 17.9. The molecule has 1 aliphatic rings. The summed E-state index contributed by atoms with van der Waals surface area (Å²) in [5, 5.41) is 16.2. The van der Waals surface area contributed by atoms with E-state index in [1.54, 1.807) is 25.3 Å². The number of carbonyl (C=O) groups is 1. The Kier molecular flexibility index (Phi) is 4.68. The van der Waals surface area contributed by atoms with Crippen LogP contribution in [0.2, 0.25) is 0 Å². The van der Waals surface area contributed by atoms with Crippen LogP contribution in [-0.2, 0) is 10.2 Å². The minimum absolute atomic E-state index is 0.160. The van der Waals surface area contributed by atoms with E-state index in [1.165, 1.54) is 0 Å². The van der Waals surface area contributed by atoms with Crippen LogP contribution in [0, 0.1) is 0 Å². The van der Waals surface area contributed by atoms with Crippen molar-refractivity contribution < 1.29 is 19.4 Å². The summed E-state index contributed by atoms with van der Waals surface area (Å²) < 4.78 is 11.0. The number of amides is 1. The minimum Gasteiger partial charge on any atom is -0.508 e. The molecule has 3 N–H and O–H groups in total. The van der Waals surface area contributed by atoms with Gasteiger partial charge in [-0.3, -0.25) is 4.79 Å². The van der Waals surface area contributed by atoms with Crippen LogP contribution in [0.15, 0.2) is 36.4 Å². The van der Waals surface area contributed by atoms with E-state index >= 15 is 0 Å². The van der Waals surface area contributed by atoms with E-state index < -0.39 is 6.10 Å². The SMILES string of the molecule is COc1ccc2c(c1)OC(C(=O)Nc1ccc(C(C)(C)C)c(O)c1)CN2. The first-order valence-electron chi connectivity index (χ1n) is 8.51. The fourth-order valence-electron chi connectivity index (χ4n) is 2.88. The molecule has 138 valence electrons. The van der Waals surface area contributed by atoms with Crippen molar-refractivity contribution in [2.45, 2.75) is 32.3 Å². The summed E-state index contributed by atoms with van der Waals surface area (Å²) in [5.41, 5.74) is 2.00. The fourth-order valence-corrected chi connectivity index (χ4v) is 2.88. The molecule has 0 bridgehead atoms. The highest BCUT2D eigenvalue weighted by Gasteiger charge is 2.27. The predicted octanol–water partition coefficient (Wildman–Crippen LogP) is 3.51. The number of anilines is 2. The molecule has 1 unspecified atom stereocenters. The molecule has 3 rings (SSSR count). The lowest BCUT2D eigenvalue weighted by molar-refractivity contribution is -0.122. The lowest BCUT2D eigenvalue weighted by atomic mass is 9.86. The zero-order valence-corrected chi connectivity index (χ0v) is 15.4. The summed E-state index contributed by atoms with van der Waals surface area (Å²) >= 11 is 0. The van der Waals surface area contributed by atoms with Crippen LogP contribution >= 0.6 is 0 Å². The number of aromatic hydroxyl groups is 1. The van der Waals surface area contributed by atoms with Crippen LogP contribution in [0.1, 0.15) is 26.3 Å². The molecule has 6 nitrogen and oxygen atoms in total. The Morgan fingerprint density at radius 1 is 1.27 bits per heavy atom. The summed E-state index contributed by atoms with van der Waals surface area (Å²) in [4.78, 5) is 12.5. The average Bonchev–Trinajstić information content (AvgIpc) is 2.59. The van der Waals surface area contributed by atoms with Gasteiger partial charge in [-0.05, 0) is 29.2 Å². The van der Waals surface area contributed by atoms with Crippen molar-refractivity contribution in [2.24, 2.45) is 0 Å². The van der Waals surface area contributed by atoms with Crippen LogP contribution in [0.4, 0.5) is 11.4 Å². The second-order valence-electron chi connectivity index (χ2n) is 7.32. The van der Waals surface area contributed by atoms with E-state index in [0.29, 0.717) is 23.7 Å². The number of methoxy groups -OCH3 is 1. The van der Waals surface area contributed by atoms with E-state index in [-0.39, 0.29) is 17.1 Å². The van der Waals surface area contributed by atoms with Gasteiger partial charge in [0.15, 0.2) is 6.10 Å². The molecule has 0 aromatic heterocycles. The summed E-state index contributed by atoms with van der Waals surface area (Å²) in [5.74, 6) is 1.11. The molecule has 0 radical (unpaired) electrons. The molecule has 1 amide bonds. The number of hydrogen-bond donors (Lipinski definition) is 3. The smallest absolute Gasteiger partial charge is 0.267 e. The molecule has 0 fully saturated rings. The third kappa shape index (κ3) is 3.69. The van der Waals surface area contributed by atoms with Crippen LogP contribution in [0.5, 0.6) is 17.2 Å². The van der Waals surface area contributed by atoms with Crippen molar-refractivity contribution in [1.29, 1.82) is 0 Å². The number of hydrogen-bond acceptors (Lipinski definition) is 5. The van der Waals surface area contributed by atoms with Crippen LogP contribution in [0.3, 0.4) is 0 Å². The van der Waals surface area contributed by atoms with Gasteiger partial charge in [0.2, 0.25) is 0 Å². The second kappa shape index (κ2) is 6.78. The first-order chi connectivity index (χ1) is 12.3. The second-order valence-corrected chi connectivity index (χ2v) is 7.32. The Labute approximate surface area is 153 Å². The third-order valence-electron chi connectivity index (χ3n) is 4.30. The zero-order chi connectivity index (χ0) is 18.9. The normalized spacial score (nSPS) is 16.1. The standard InChI is InChI=1S/C20H24N2O4/c1-20(2,3)14-7-5-12(9-16(14)23)22-19(24)18-11-21-15-8-6-13(25-4)10-17(15)26-18/h5-10,18,21,23H,11H2,1-4H3,(H,22,24). The van der Waals surface area contributed by atoms with Crippen LogP contribution in [-0.4, -0.2) is 30.8 Å². The van der Waals surface area contributed by atoms with Gasteiger partial charge < -0.3 is 25.2 Å². The summed E-state index contributed by atoms with van der Waals surface area (Å²) in [6, 6.07) is 10.6. The molecule has 1 aliphatic heterocycles. The molecule has 0 spiro atoms. The molecule has 1 atom stereocenters. The van der Waals surface area contributed by atoms with Crippen molar-refractivity contribution in [3.63, 3.8) is 0 Å². The van der Waals surface area contributed by atoms with E-state index in [4.69, 9.17) is 9.47 Å². The van der Waals surface area contributed by atoms with E-state index in [9.17, 15) is 9.90 Å². The topological polar surface area (TPSA) is 79.8 Å². The van der Waals surface area contributed by atoms with Crippen molar-refractivity contribution in [1.82, 2.24) is 0 Å². The number of phenolic OH excluding ortho intramolecular Hbond substituents is 1. The van der Waals surface area contributed by atoms with Crippen molar-refractivity contribution in [2.75, 3.05) is 24.3 Å². The molecule has 26 heavy (non-hydrogen) atoms. The Balaban J connectivity index is 1.72. The van der Waals surface area contributed by atoms with Gasteiger partial charge in [-0.1, -0.05) is 26.8 Å². The Morgan fingerprint density at radius 3 is 2.69 bits per heavy atom. The van der Waals surface area contributed by atoms with E-state index in [1.807, 2.05) is 39.0 Å². The van der Waals surface area contributed by atoms with Gasteiger partial charge in [-0.25, -0.2) is 0 Å². The third-order valence-corrected chi connectivity index (χ3v) is 4.30. The van der Waals surface area contributed by atoms with Crippen molar-refractivity contribution in [3.8, 4) is 17.2 Å². The van der Waals surface area contributed by atoms with Gasteiger partial charge >= 0.3 is 0 Å². The van der Waals surface area contributed by atoms with E-state index in [2.05, 4.69) is 10.6 Å². The summed E-state index contributed by atoms with van der Waals surface area (Å²) in [6.07, 6.45) is -0.681. The van der Waals surface area contributed by atoms with Crippen molar-refractivity contribution >= 4 is 17.3 Å². The highest BCUT2D eigenvalue weighted by molar-refractivity contribution is 5.95. The molecule has 6 heteroatoms. The monoisotopic (exact) mass is 356 g/mol. The quantitative estimate of drug-likeness (QED) is 0.784. The van der Waals surface area contributed by atoms with Gasteiger partial charge in [0.05, 0.1) is 19.3 Å². The molecule has 0 saturated carbocycles. The maximum atomic E-state index is 12.5. The maximum Gasteiger partial charge on any atom is 0.267 e. The largest absolute Gasteiger partial charge is 0.508 e. The Morgan fingerprint density at radius 2 is 2.04 bits per heavy atom. The highest BCUT2D eigenvalue weighted by atomic mass is 16.5. The van der Waals surface area contributed by atoms with Crippen LogP contribution in [0.25, 0.3) is 0 Å². The number of rotatable bonds is 3. The van der Waals surface area contributed by atoms with Gasteiger partial charge in [0.1, 0.15) is 17.2 Å². The fraction of sp³-hybridized carbons (Fsp3) is 0.350. The molecule has 0 saturated heterocycles. The molecular weight excluding hydrogens is 332 g/mol. The predicted molar refractivity (Wildman–Crippen MR) is 101 cm³/mol. The number of fused-ring (bicyclic) bond motifs is 1. The van der Waals surface area contributed by atoms with Crippen LogP contribution < -0.4 is 20.1 Å². The summed E-state index contributed by atoms with van der Waals surface area (Å²) in [6.45, 7) is 6.42. The minimum atomic E-state index is -0.681. The molecule has 2 aromatic carbocycles. The van der Waals surface area contributed by atoms with Gasteiger partial charge in [0.25, 0.3) is 5.91 Å². The number of ether oxygens (including phenoxy) is 2. The van der Waals surface area contributed by atoms with Gasteiger partial charge in [-0.15, -0.1) is 0 Å². The van der Waals surface area contributed by atoms with Gasteiger partial charge in [-0.2, -0.15) is 0 Å². The zero-order valence-electron chi connectivity index (χ0n) is 15.4. The lowest BCUT2D eigenvalue weighted by Crippen LogP contribution is -2.41. The number of carbonyl (C=O) groups excluding carboxylic acids is 1. The van der Waals surface area contributed by atoms with Crippen molar-refractivity contribution in [3.05, 3.63) is 42.0 Å². The molecular formula is C20H24N2O4. The van der Waals surface area contributed by atoms with E-state index in [0.717, 1.165) is 11.3 Å². The molecule has 0 aliphatic carbocycles. The first-order valence-corrected chi connectivity index (χ1v) is 8.51.